The van der Waals surface area contributed by atoms with E-state index in [0.29, 0.717) is 12.1 Å². The van der Waals surface area contributed by atoms with Crippen molar-refractivity contribution in [2.24, 2.45) is 0 Å². The summed E-state index contributed by atoms with van der Waals surface area (Å²) >= 11 is 0. The number of carbonyl (C=O) groups excluding carboxylic acids is 1. The molecule has 5 heteroatoms. The van der Waals surface area contributed by atoms with Gasteiger partial charge in [-0.05, 0) is 63.4 Å². The maximum Gasteiger partial charge on any atom is 0.270 e. The van der Waals surface area contributed by atoms with Crippen molar-refractivity contribution >= 4 is 5.91 Å². The van der Waals surface area contributed by atoms with Crippen molar-refractivity contribution in [2.45, 2.75) is 50.7 Å². The molecule has 0 radical (unpaired) electrons. The van der Waals surface area contributed by atoms with Crippen LogP contribution in [-0.4, -0.2) is 51.4 Å². The molecule has 0 spiro atoms. The Morgan fingerprint density at radius 2 is 2.04 bits per heavy atom. The van der Waals surface area contributed by atoms with Crippen molar-refractivity contribution in [2.75, 3.05) is 20.1 Å². The van der Waals surface area contributed by atoms with E-state index in [0.717, 1.165) is 50.3 Å². The second kappa shape index (κ2) is 7.62. The molecule has 1 atom stereocenters. The predicted octanol–water partition coefficient (Wildman–Crippen LogP) is 3.34. The summed E-state index contributed by atoms with van der Waals surface area (Å²) in [5, 5.41) is 0. The van der Waals surface area contributed by atoms with Crippen molar-refractivity contribution in [1.29, 1.82) is 0 Å². The van der Waals surface area contributed by atoms with Gasteiger partial charge in [-0.3, -0.25) is 14.7 Å². The number of aromatic nitrogens is 2. The SMILES string of the molecule is CN(Cc1ccccn1)C1CCCN(C(=O)c2cccn2C2CC2)CC1. The van der Waals surface area contributed by atoms with E-state index in [1.807, 2.05) is 30.5 Å². The first-order chi connectivity index (χ1) is 12.7. The Morgan fingerprint density at radius 1 is 1.15 bits per heavy atom. The van der Waals surface area contributed by atoms with Crippen LogP contribution in [0.4, 0.5) is 0 Å². The van der Waals surface area contributed by atoms with Crippen molar-refractivity contribution in [3.63, 3.8) is 0 Å². The van der Waals surface area contributed by atoms with Crippen LogP contribution in [0.15, 0.2) is 42.7 Å². The molecule has 2 aliphatic rings. The van der Waals surface area contributed by atoms with E-state index < -0.39 is 0 Å². The Bertz CT molecular complexity index is 737. The molecule has 0 N–H and O–H groups in total. The fourth-order valence-electron chi connectivity index (χ4n) is 4.01. The van der Waals surface area contributed by atoms with Crippen molar-refractivity contribution in [3.8, 4) is 0 Å². The molecular weight excluding hydrogens is 324 g/mol. The summed E-state index contributed by atoms with van der Waals surface area (Å²) in [6, 6.07) is 11.1. The van der Waals surface area contributed by atoms with Crippen LogP contribution in [0.1, 0.15) is 54.3 Å². The van der Waals surface area contributed by atoms with Gasteiger partial charge in [0.25, 0.3) is 5.91 Å². The molecule has 4 rings (SSSR count). The van der Waals surface area contributed by atoms with Gasteiger partial charge in [0, 0.05) is 44.1 Å². The van der Waals surface area contributed by atoms with E-state index in [9.17, 15) is 4.79 Å². The minimum atomic E-state index is 0.204. The highest BCUT2D eigenvalue weighted by Gasteiger charge is 2.30. The average Bonchev–Trinajstić information content (AvgIpc) is 3.44. The second-order valence-electron chi connectivity index (χ2n) is 7.64. The Kier molecular flexibility index (Phi) is 5.07. The average molecular weight is 352 g/mol. The topological polar surface area (TPSA) is 41.4 Å². The summed E-state index contributed by atoms with van der Waals surface area (Å²) in [4.78, 5) is 21.9. The van der Waals surface area contributed by atoms with Gasteiger partial charge in [0.1, 0.15) is 5.69 Å². The van der Waals surface area contributed by atoms with Crippen LogP contribution in [0.5, 0.6) is 0 Å². The van der Waals surface area contributed by atoms with Crippen LogP contribution in [0.25, 0.3) is 0 Å². The van der Waals surface area contributed by atoms with Gasteiger partial charge >= 0.3 is 0 Å². The summed E-state index contributed by atoms with van der Waals surface area (Å²) in [5.74, 6) is 0.204. The highest BCUT2D eigenvalue weighted by molar-refractivity contribution is 5.92. The summed E-state index contributed by atoms with van der Waals surface area (Å²) in [6.07, 6.45) is 9.55. The monoisotopic (exact) mass is 352 g/mol. The van der Waals surface area contributed by atoms with E-state index in [2.05, 4.69) is 38.7 Å². The molecule has 1 aliphatic heterocycles. The van der Waals surface area contributed by atoms with Gasteiger partial charge in [0.15, 0.2) is 0 Å². The van der Waals surface area contributed by atoms with Crippen LogP contribution in [0.2, 0.25) is 0 Å². The molecule has 1 saturated heterocycles. The van der Waals surface area contributed by atoms with E-state index in [1.165, 1.54) is 12.8 Å². The maximum atomic E-state index is 13.0. The number of hydrogen-bond donors (Lipinski definition) is 0. The zero-order valence-electron chi connectivity index (χ0n) is 15.6. The summed E-state index contributed by atoms with van der Waals surface area (Å²) in [6.45, 7) is 2.57. The summed E-state index contributed by atoms with van der Waals surface area (Å²) in [7, 11) is 2.18. The molecule has 1 unspecified atom stereocenters. The van der Waals surface area contributed by atoms with E-state index >= 15 is 0 Å². The van der Waals surface area contributed by atoms with Gasteiger partial charge in [-0.1, -0.05) is 6.07 Å². The van der Waals surface area contributed by atoms with Crippen LogP contribution in [0.3, 0.4) is 0 Å². The third kappa shape index (κ3) is 3.83. The highest BCUT2D eigenvalue weighted by Crippen LogP contribution is 2.36. The molecule has 1 aliphatic carbocycles. The number of pyridine rings is 1. The fraction of sp³-hybridized carbons (Fsp3) is 0.524. The minimum absolute atomic E-state index is 0.204. The molecule has 1 amide bonds. The van der Waals surface area contributed by atoms with Crippen molar-refractivity contribution in [1.82, 2.24) is 19.4 Å². The van der Waals surface area contributed by atoms with Crippen LogP contribution in [-0.2, 0) is 6.54 Å². The summed E-state index contributed by atoms with van der Waals surface area (Å²) in [5.41, 5.74) is 1.97. The number of carbonyl (C=O) groups is 1. The van der Waals surface area contributed by atoms with Crippen LogP contribution in [0, 0.1) is 0 Å². The van der Waals surface area contributed by atoms with Gasteiger partial charge in [-0.2, -0.15) is 0 Å². The van der Waals surface area contributed by atoms with E-state index in [4.69, 9.17) is 0 Å². The fourth-order valence-corrected chi connectivity index (χ4v) is 4.01. The van der Waals surface area contributed by atoms with E-state index in [-0.39, 0.29) is 5.91 Å². The first-order valence-electron chi connectivity index (χ1n) is 9.78. The van der Waals surface area contributed by atoms with Gasteiger partial charge in [-0.15, -0.1) is 0 Å². The molecule has 2 aromatic rings. The lowest BCUT2D eigenvalue weighted by atomic mass is 10.1. The van der Waals surface area contributed by atoms with Gasteiger partial charge in [0.2, 0.25) is 0 Å². The number of nitrogens with zero attached hydrogens (tertiary/aromatic N) is 4. The van der Waals surface area contributed by atoms with E-state index in [1.54, 1.807) is 0 Å². The van der Waals surface area contributed by atoms with Crippen molar-refractivity contribution < 1.29 is 4.79 Å². The van der Waals surface area contributed by atoms with Gasteiger partial charge in [0.05, 0.1) is 5.69 Å². The largest absolute Gasteiger partial charge is 0.340 e. The number of hydrogen-bond acceptors (Lipinski definition) is 3. The molecule has 26 heavy (non-hydrogen) atoms. The second-order valence-corrected chi connectivity index (χ2v) is 7.64. The lowest BCUT2D eigenvalue weighted by Gasteiger charge is -2.27. The Balaban J connectivity index is 1.37. The smallest absolute Gasteiger partial charge is 0.270 e. The zero-order valence-corrected chi connectivity index (χ0v) is 15.6. The first kappa shape index (κ1) is 17.3. The molecule has 0 aromatic carbocycles. The van der Waals surface area contributed by atoms with Crippen molar-refractivity contribution in [3.05, 3.63) is 54.1 Å². The lowest BCUT2D eigenvalue weighted by Crippen LogP contribution is -2.35. The Labute approximate surface area is 155 Å². The van der Waals surface area contributed by atoms with Gasteiger partial charge < -0.3 is 9.47 Å². The molecule has 138 valence electrons. The minimum Gasteiger partial charge on any atom is -0.340 e. The molecule has 2 fully saturated rings. The number of amides is 1. The quantitative estimate of drug-likeness (QED) is 0.829. The Hall–Kier alpha value is -2.14. The maximum absolute atomic E-state index is 13.0. The highest BCUT2D eigenvalue weighted by atomic mass is 16.2. The standard InChI is InChI=1S/C21H28N4O/c1-23(16-17-6-2-3-12-22-17)18-7-4-13-24(15-11-18)21(26)20-8-5-14-25(20)19-9-10-19/h2-3,5-6,8,12,14,18-19H,4,7,9-11,13,15-16H2,1H3. The first-order valence-corrected chi connectivity index (χ1v) is 9.78. The number of rotatable bonds is 5. The Morgan fingerprint density at radius 3 is 2.81 bits per heavy atom. The van der Waals surface area contributed by atoms with Crippen LogP contribution >= 0.6 is 0 Å². The molecule has 2 aromatic heterocycles. The normalized spacial score (nSPS) is 21.0. The molecule has 5 nitrogen and oxygen atoms in total. The van der Waals surface area contributed by atoms with Gasteiger partial charge in [-0.25, -0.2) is 0 Å². The third-order valence-electron chi connectivity index (χ3n) is 5.68. The predicted molar refractivity (Wildman–Crippen MR) is 102 cm³/mol. The molecular formula is C21H28N4O. The zero-order chi connectivity index (χ0) is 17.9. The molecule has 3 heterocycles. The molecule has 1 saturated carbocycles. The lowest BCUT2D eigenvalue weighted by molar-refractivity contribution is 0.0746. The van der Waals surface area contributed by atoms with Crippen LogP contribution < -0.4 is 0 Å². The molecule has 0 bridgehead atoms. The number of likely N-dealkylation sites (tertiary alicyclic amines) is 1. The third-order valence-corrected chi connectivity index (χ3v) is 5.68. The summed E-state index contributed by atoms with van der Waals surface area (Å²) < 4.78 is 2.18.